The van der Waals surface area contributed by atoms with Crippen molar-refractivity contribution in [3.63, 3.8) is 0 Å². The summed E-state index contributed by atoms with van der Waals surface area (Å²) in [5.41, 5.74) is 2.96. The van der Waals surface area contributed by atoms with Gasteiger partial charge in [0.2, 0.25) is 21.8 Å². The molecule has 3 rings (SSSR count). The lowest BCUT2D eigenvalue weighted by Crippen LogP contribution is -2.55. The third-order valence-corrected chi connectivity index (χ3v) is 8.17. The van der Waals surface area contributed by atoms with Crippen LogP contribution in [0.25, 0.3) is 0 Å². The second-order valence-electron chi connectivity index (χ2n) is 8.55. The SMILES string of the molecule is CCS(=O)(=O)N1CCN(CC(=O)N2CCN(CC(=O)Nc3c(C)cccc3C)CC2)CC1. The van der Waals surface area contributed by atoms with Crippen LogP contribution < -0.4 is 5.32 Å². The van der Waals surface area contributed by atoms with Crippen LogP contribution in [-0.4, -0.2) is 110 Å². The molecule has 2 saturated heterocycles. The third kappa shape index (κ3) is 6.28. The van der Waals surface area contributed by atoms with Gasteiger partial charge in [-0.1, -0.05) is 18.2 Å². The van der Waals surface area contributed by atoms with E-state index in [0.29, 0.717) is 65.4 Å². The number of anilines is 1. The fraction of sp³-hybridized carbons (Fsp3) is 0.636. The van der Waals surface area contributed by atoms with Gasteiger partial charge in [0.1, 0.15) is 0 Å². The molecule has 1 aromatic rings. The maximum atomic E-state index is 12.7. The molecule has 2 aliphatic rings. The molecule has 2 aliphatic heterocycles. The summed E-state index contributed by atoms with van der Waals surface area (Å²) >= 11 is 0. The summed E-state index contributed by atoms with van der Waals surface area (Å²) in [5.74, 6) is 0.136. The molecule has 2 heterocycles. The number of nitrogens with zero attached hydrogens (tertiary/aromatic N) is 4. The topological polar surface area (TPSA) is 93.3 Å². The lowest BCUT2D eigenvalue weighted by molar-refractivity contribution is -0.134. The van der Waals surface area contributed by atoms with E-state index < -0.39 is 10.0 Å². The van der Waals surface area contributed by atoms with E-state index in [4.69, 9.17) is 0 Å². The number of nitrogens with one attached hydrogen (secondary N) is 1. The Hall–Kier alpha value is -2.01. The van der Waals surface area contributed by atoms with Crippen LogP contribution in [0, 0.1) is 13.8 Å². The van der Waals surface area contributed by atoms with Crippen LogP contribution in [0.15, 0.2) is 18.2 Å². The summed E-state index contributed by atoms with van der Waals surface area (Å²) in [5, 5.41) is 3.02. The van der Waals surface area contributed by atoms with E-state index in [9.17, 15) is 18.0 Å². The average Bonchev–Trinajstić information content (AvgIpc) is 2.77. The number of piperazine rings is 2. The van der Waals surface area contributed by atoms with Crippen molar-refractivity contribution in [2.45, 2.75) is 20.8 Å². The zero-order valence-corrected chi connectivity index (χ0v) is 20.2. The van der Waals surface area contributed by atoms with Crippen molar-refractivity contribution in [3.8, 4) is 0 Å². The van der Waals surface area contributed by atoms with Crippen molar-refractivity contribution in [1.29, 1.82) is 0 Å². The zero-order valence-electron chi connectivity index (χ0n) is 19.3. The van der Waals surface area contributed by atoms with Crippen LogP contribution in [0.5, 0.6) is 0 Å². The number of aryl methyl sites for hydroxylation is 2. The predicted molar refractivity (Wildman–Crippen MR) is 125 cm³/mol. The third-order valence-electron chi connectivity index (χ3n) is 6.29. The molecule has 1 N–H and O–H groups in total. The Morgan fingerprint density at radius 2 is 1.41 bits per heavy atom. The van der Waals surface area contributed by atoms with Crippen molar-refractivity contribution in [2.24, 2.45) is 0 Å². The summed E-state index contributed by atoms with van der Waals surface area (Å²) in [7, 11) is -3.16. The first-order valence-corrected chi connectivity index (χ1v) is 12.9. The number of hydrogen-bond donors (Lipinski definition) is 1. The van der Waals surface area contributed by atoms with Crippen molar-refractivity contribution < 1.29 is 18.0 Å². The van der Waals surface area contributed by atoms with Crippen molar-refractivity contribution in [3.05, 3.63) is 29.3 Å². The van der Waals surface area contributed by atoms with Crippen LogP contribution in [0.1, 0.15) is 18.1 Å². The Morgan fingerprint density at radius 1 is 0.875 bits per heavy atom. The van der Waals surface area contributed by atoms with Gasteiger partial charge in [-0.2, -0.15) is 4.31 Å². The summed E-state index contributed by atoms with van der Waals surface area (Å²) in [6.07, 6.45) is 0. The normalized spacial score (nSPS) is 19.2. The van der Waals surface area contributed by atoms with E-state index in [2.05, 4.69) is 10.2 Å². The highest BCUT2D eigenvalue weighted by Crippen LogP contribution is 2.19. The first-order valence-electron chi connectivity index (χ1n) is 11.3. The van der Waals surface area contributed by atoms with Gasteiger partial charge in [-0.15, -0.1) is 0 Å². The first kappa shape index (κ1) is 24.6. The van der Waals surface area contributed by atoms with E-state index in [-0.39, 0.29) is 17.6 Å². The molecule has 0 bridgehead atoms. The monoisotopic (exact) mass is 465 g/mol. The van der Waals surface area contributed by atoms with E-state index in [1.807, 2.05) is 41.8 Å². The molecule has 9 nitrogen and oxygen atoms in total. The quantitative estimate of drug-likeness (QED) is 0.625. The van der Waals surface area contributed by atoms with Crippen molar-refractivity contribution >= 4 is 27.5 Å². The first-order chi connectivity index (χ1) is 15.2. The van der Waals surface area contributed by atoms with E-state index in [1.165, 1.54) is 4.31 Å². The van der Waals surface area contributed by atoms with Gasteiger partial charge in [0, 0.05) is 58.0 Å². The molecule has 0 spiro atoms. The second-order valence-corrected chi connectivity index (χ2v) is 10.8. The number of rotatable bonds is 7. The van der Waals surface area contributed by atoms with E-state index in [1.54, 1.807) is 6.92 Å². The van der Waals surface area contributed by atoms with Gasteiger partial charge in [0.25, 0.3) is 0 Å². The van der Waals surface area contributed by atoms with Crippen LogP contribution in [-0.2, 0) is 19.6 Å². The Kier molecular flexibility index (Phi) is 8.26. The zero-order chi connectivity index (χ0) is 23.3. The molecule has 2 fully saturated rings. The standard InChI is InChI=1S/C22H35N5O4S/c1-4-32(30,31)27-14-10-25(11-15-27)17-21(29)26-12-8-24(9-13-26)16-20(28)23-22-18(2)6-5-7-19(22)3/h5-7H,4,8-17H2,1-3H3,(H,23,28). The molecule has 10 heteroatoms. The molecule has 178 valence electrons. The highest BCUT2D eigenvalue weighted by atomic mass is 32.2. The molecule has 0 saturated carbocycles. The average molecular weight is 466 g/mol. The number of sulfonamides is 1. The molecule has 1 aromatic carbocycles. The number of hydrogen-bond acceptors (Lipinski definition) is 6. The highest BCUT2D eigenvalue weighted by Gasteiger charge is 2.28. The molecule has 0 unspecified atom stereocenters. The van der Waals surface area contributed by atoms with Gasteiger partial charge in [0.05, 0.1) is 18.8 Å². The summed E-state index contributed by atoms with van der Waals surface area (Å²) < 4.78 is 25.5. The minimum absolute atomic E-state index is 0.0397. The highest BCUT2D eigenvalue weighted by molar-refractivity contribution is 7.89. The molecular weight excluding hydrogens is 430 g/mol. The van der Waals surface area contributed by atoms with Crippen LogP contribution >= 0.6 is 0 Å². The molecule has 0 radical (unpaired) electrons. The number of benzene rings is 1. The summed E-state index contributed by atoms with van der Waals surface area (Å²) in [6, 6.07) is 5.94. The van der Waals surface area contributed by atoms with Gasteiger partial charge in [-0.25, -0.2) is 8.42 Å². The Balaban J connectivity index is 1.40. The maximum Gasteiger partial charge on any atom is 0.238 e. The number of carbonyl (C=O) groups is 2. The Morgan fingerprint density at radius 3 is 1.97 bits per heavy atom. The van der Waals surface area contributed by atoms with Crippen LogP contribution in [0.2, 0.25) is 0 Å². The number of carbonyl (C=O) groups excluding carboxylic acids is 2. The fourth-order valence-corrected chi connectivity index (χ4v) is 5.27. The Bertz CT molecular complexity index is 900. The van der Waals surface area contributed by atoms with Crippen molar-refractivity contribution in [1.82, 2.24) is 19.0 Å². The van der Waals surface area contributed by atoms with Crippen LogP contribution in [0.4, 0.5) is 5.69 Å². The van der Waals surface area contributed by atoms with Gasteiger partial charge in [-0.3, -0.25) is 19.4 Å². The molecular formula is C22H35N5O4S. The predicted octanol–water partition coefficient (Wildman–Crippen LogP) is 0.353. The van der Waals surface area contributed by atoms with Crippen molar-refractivity contribution in [2.75, 3.05) is 76.5 Å². The fourth-order valence-electron chi connectivity index (χ4n) is 4.19. The maximum absolute atomic E-state index is 12.7. The van der Waals surface area contributed by atoms with E-state index in [0.717, 1.165) is 16.8 Å². The number of amides is 2. The molecule has 0 aromatic heterocycles. The lowest BCUT2D eigenvalue weighted by Gasteiger charge is -2.37. The minimum atomic E-state index is -3.16. The molecule has 2 amide bonds. The number of para-hydroxylation sites is 1. The van der Waals surface area contributed by atoms with Gasteiger partial charge in [0.15, 0.2) is 0 Å². The van der Waals surface area contributed by atoms with E-state index >= 15 is 0 Å². The largest absolute Gasteiger partial charge is 0.339 e. The lowest BCUT2D eigenvalue weighted by atomic mass is 10.1. The Labute approximate surface area is 191 Å². The van der Waals surface area contributed by atoms with Crippen LogP contribution in [0.3, 0.4) is 0 Å². The smallest absolute Gasteiger partial charge is 0.238 e. The second kappa shape index (κ2) is 10.7. The van der Waals surface area contributed by atoms with Gasteiger partial charge < -0.3 is 10.2 Å². The molecule has 0 aliphatic carbocycles. The molecule has 0 atom stereocenters. The minimum Gasteiger partial charge on any atom is -0.339 e. The van der Waals surface area contributed by atoms with Gasteiger partial charge in [-0.05, 0) is 31.9 Å². The summed E-state index contributed by atoms with van der Waals surface area (Å²) in [4.78, 5) is 31.1. The van der Waals surface area contributed by atoms with Gasteiger partial charge >= 0.3 is 0 Å². The summed E-state index contributed by atoms with van der Waals surface area (Å²) in [6.45, 7) is 10.8. The molecule has 32 heavy (non-hydrogen) atoms.